The van der Waals surface area contributed by atoms with Crippen molar-refractivity contribution in [1.29, 1.82) is 0 Å². The van der Waals surface area contributed by atoms with Gasteiger partial charge in [-0.15, -0.1) is 0 Å². The van der Waals surface area contributed by atoms with Crippen molar-refractivity contribution < 1.29 is 4.39 Å². The molecule has 0 N–H and O–H groups in total. The SMILES string of the molecule is CCCCCCC[C@H]1CC[C@H](c2cnc(-c3ccc(CCCCC)c(F)c3)nc2)CC1. The van der Waals surface area contributed by atoms with Gasteiger partial charge in [0, 0.05) is 18.0 Å². The Bertz CT molecular complexity index is 763. The molecule has 0 spiro atoms. The predicted octanol–water partition coefficient (Wildman–Crippen LogP) is 8.65. The average Bonchev–Trinajstić information content (AvgIpc) is 2.81. The van der Waals surface area contributed by atoms with E-state index in [1.165, 1.54) is 69.8 Å². The van der Waals surface area contributed by atoms with Crippen LogP contribution >= 0.6 is 0 Å². The van der Waals surface area contributed by atoms with Crippen molar-refractivity contribution in [2.75, 3.05) is 0 Å². The molecule has 0 atom stereocenters. The number of rotatable bonds is 12. The van der Waals surface area contributed by atoms with E-state index in [0.29, 0.717) is 11.7 Å². The van der Waals surface area contributed by atoms with Crippen LogP contribution in [0.5, 0.6) is 0 Å². The first kappa shape index (κ1) is 23.9. The number of unbranched alkanes of at least 4 members (excludes halogenated alkanes) is 6. The average molecular weight is 425 g/mol. The van der Waals surface area contributed by atoms with Gasteiger partial charge in [0.25, 0.3) is 0 Å². The zero-order chi connectivity index (χ0) is 21.9. The highest BCUT2D eigenvalue weighted by Crippen LogP contribution is 2.37. The molecule has 0 unspecified atom stereocenters. The van der Waals surface area contributed by atoms with Crippen molar-refractivity contribution in [3.63, 3.8) is 0 Å². The summed E-state index contributed by atoms with van der Waals surface area (Å²) < 4.78 is 14.5. The lowest BCUT2D eigenvalue weighted by Crippen LogP contribution is -2.14. The van der Waals surface area contributed by atoms with Gasteiger partial charge in [-0.05, 0) is 67.6 Å². The number of hydrogen-bond acceptors (Lipinski definition) is 2. The molecule has 1 aliphatic carbocycles. The lowest BCUT2D eigenvalue weighted by atomic mass is 9.77. The van der Waals surface area contributed by atoms with Gasteiger partial charge in [-0.2, -0.15) is 0 Å². The highest BCUT2D eigenvalue weighted by Gasteiger charge is 2.22. The summed E-state index contributed by atoms with van der Waals surface area (Å²) in [7, 11) is 0. The minimum Gasteiger partial charge on any atom is -0.236 e. The molecule has 1 aromatic heterocycles. The summed E-state index contributed by atoms with van der Waals surface area (Å²) in [5, 5.41) is 0. The quantitative estimate of drug-likeness (QED) is 0.319. The Labute approximate surface area is 189 Å². The number of hydrogen-bond donors (Lipinski definition) is 0. The Balaban J connectivity index is 1.49. The van der Waals surface area contributed by atoms with E-state index in [2.05, 4.69) is 23.8 Å². The van der Waals surface area contributed by atoms with E-state index in [4.69, 9.17) is 0 Å². The first-order valence-corrected chi connectivity index (χ1v) is 12.8. The molecule has 170 valence electrons. The maximum absolute atomic E-state index is 14.5. The molecule has 0 saturated heterocycles. The molecule has 0 amide bonds. The minimum atomic E-state index is -0.130. The molecule has 1 saturated carbocycles. The van der Waals surface area contributed by atoms with E-state index in [-0.39, 0.29) is 5.82 Å². The molecular weight excluding hydrogens is 383 g/mol. The Morgan fingerprint density at radius 2 is 1.52 bits per heavy atom. The fourth-order valence-corrected chi connectivity index (χ4v) is 4.97. The predicted molar refractivity (Wildman–Crippen MR) is 129 cm³/mol. The number of nitrogens with zero attached hydrogens (tertiary/aromatic N) is 2. The highest BCUT2D eigenvalue weighted by molar-refractivity contribution is 5.55. The van der Waals surface area contributed by atoms with Crippen molar-refractivity contribution in [3.8, 4) is 11.4 Å². The number of aryl methyl sites for hydroxylation is 1. The Kier molecular flexibility index (Phi) is 9.96. The molecule has 1 heterocycles. The van der Waals surface area contributed by atoms with Crippen molar-refractivity contribution in [1.82, 2.24) is 9.97 Å². The lowest BCUT2D eigenvalue weighted by molar-refractivity contribution is 0.301. The Morgan fingerprint density at radius 1 is 0.839 bits per heavy atom. The Hall–Kier alpha value is -1.77. The third kappa shape index (κ3) is 7.40. The van der Waals surface area contributed by atoms with Crippen LogP contribution in [0.2, 0.25) is 0 Å². The largest absolute Gasteiger partial charge is 0.236 e. The molecule has 1 fully saturated rings. The monoisotopic (exact) mass is 424 g/mol. The maximum atomic E-state index is 14.5. The topological polar surface area (TPSA) is 25.8 Å². The van der Waals surface area contributed by atoms with Crippen LogP contribution in [0.15, 0.2) is 30.6 Å². The number of halogens is 1. The van der Waals surface area contributed by atoms with Gasteiger partial charge in [0.1, 0.15) is 5.82 Å². The maximum Gasteiger partial charge on any atom is 0.159 e. The summed E-state index contributed by atoms with van der Waals surface area (Å²) in [5.41, 5.74) is 2.83. The van der Waals surface area contributed by atoms with Crippen molar-refractivity contribution in [2.45, 2.75) is 110 Å². The molecule has 3 rings (SSSR count). The first-order chi connectivity index (χ1) is 15.2. The van der Waals surface area contributed by atoms with Crippen LogP contribution in [0.4, 0.5) is 4.39 Å². The molecule has 31 heavy (non-hydrogen) atoms. The first-order valence-electron chi connectivity index (χ1n) is 12.8. The van der Waals surface area contributed by atoms with E-state index in [9.17, 15) is 4.39 Å². The van der Waals surface area contributed by atoms with Crippen LogP contribution in [0.1, 0.15) is 114 Å². The van der Waals surface area contributed by atoms with Gasteiger partial charge in [0.2, 0.25) is 0 Å². The second-order valence-electron chi connectivity index (χ2n) is 9.52. The number of benzene rings is 1. The lowest BCUT2D eigenvalue weighted by Gasteiger charge is -2.28. The number of aromatic nitrogens is 2. The smallest absolute Gasteiger partial charge is 0.159 e. The molecule has 1 aromatic carbocycles. The van der Waals surface area contributed by atoms with E-state index in [0.717, 1.165) is 42.7 Å². The van der Waals surface area contributed by atoms with Crippen molar-refractivity contribution in [3.05, 3.63) is 47.5 Å². The van der Waals surface area contributed by atoms with E-state index in [1.54, 1.807) is 6.07 Å². The fraction of sp³-hybridized carbons (Fsp3) is 0.643. The summed E-state index contributed by atoms with van der Waals surface area (Å²) in [5.74, 6) is 2.00. The van der Waals surface area contributed by atoms with Gasteiger partial charge >= 0.3 is 0 Å². The summed E-state index contributed by atoms with van der Waals surface area (Å²) in [6.07, 6.45) is 21.6. The third-order valence-corrected chi connectivity index (χ3v) is 7.07. The van der Waals surface area contributed by atoms with Gasteiger partial charge in [0.05, 0.1) is 0 Å². The second kappa shape index (κ2) is 12.9. The molecule has 0 bridgehead atoms. The molecule has 0 aliphatic heterocycles. The summed E-state index contributed by atoms with van der Waals surface area (Å²) in [6.45, 7) is 4.45. The second-order valence-corrected chi connectivity index (χ2v) is 9.52. The van der Waals surface area contributed by atoms with Gasteiger partial charge in [0.15, 0.2) is 5.82 Å². The molecule has 2 nitrogen and oxygen atoms in total. The van der Waals surface area contributed by atoms with Gasteiger partial charge in [-0.1, -0.05) is 77.3 Å². The normalized spacial score (nSPS) is 18.9. The van der Waals surface area contributed by atoms with Crippen molar-refractivity contribution in [2.24, 2.45) is 5.92 Å². The van der Waals surface area contributed by atoms with E-state index < -0.39 is 0 Å². The van der Waals surface area contributed by atoms with Gasteiger partial charge < -0.3 is 0 Å². The van der Waals surface area contributed by atoms with Gasteiger partial charge in [-0.3, -0.25) is 0 Å². The van der Waals surface area contributed by atoms with Crippen LogP contribution in [-0.2, 0) is 6.42 Å². The Morgan fingerprint density at radius 3 is 2.19 bits per heavy atom. The molecular formula is C28H41FN2. The standard InChI is InChI=1S/C28H41FN2/c1-3-5-7-8-10-11-22-13-15-23(16-14-22)26-20-30-28(31-21-26)25-18-17-24(27(29)19-25)12-9-6-4-2/h17-23H,3-16H2,1-2H3/t22-,23-. The molecule has 0 radical (unpaired) electrons. The summed E-state index contributed by atoms with van der Waals surface area (Å²) in [6, 6.07) is 5.47. The van der Waals surface area contributed by atoms with Crippen LogP contribution in [0, 0.1) is 11.7 Å². The van der Waals surface area contributed by atoms with Crippen molar-refractivity contribution >= 4 is 0 Å². The highest BCUT2D eigenvalue weighted by atomic mass is 19.1. The van der Waals surface area contributed by atoms with E-state index in [1.807, 2.05) is 24.5 Å². The van der Waals surface area contributed by atoms with Crippen LogP contribution in [0.3, 0.4) is 0 Å². The minimum absolute atomic E-state index is 0.130. The zero-order valence-corrected chi connectivity index (χ0v) is 19.7. The van der Waals surface area contributed by atoms with Crippen LogP contribution in [0.25, 0.3) is 11.4 Å². The van der Waals surface area contributed by atoms with Crippen LogP contribution < -0.4 is 0 Å². The molecule has 2 aromatic rings. The van der Waals surface area contributed by atoms with Crippen LogP contribution in [-0.4, -0.2) is 9.97 Å². The van der Waals surface area contributed by atoms with E-state index >= 15 is 0 Å². The molecule has 1 aliphatic rings. The molecule has 3 heteroatoms. The van der Waals surface area contributed by atoms with Gasteiger partial charge in [-0.25, -0.2) is 14.4 Å². The fourth-order valence-electron chi connectivity index (χ4n) is 4.97. The zero-order valence-electron chi connectivity index (χ0n) is 19.7. The summed E-state index contributed by atoms with van der Waals surface area (Å²) >= 11 is 0. The summed E-state index contributed by atoms with van der Waals surface area (Å²) in [4.78, 5) is 9.18. The third-order valence-electron chi connectivity index (χ3n) is 7.07.